The summed E-state index contributed by atoms with van der Waals surface area (Å²) >= 11 is 0. The van der Waals surface area contributed by atoms with Crippen LogP contribution in [-0.2, 0) is 4.74 Å². The maximum Gasteiger partial charge on any atom is 0.343 e. The molecule has 1 fully saturated rings. The number of rotatable bonds is 2. The number of methoxy groups -OCH3 is 1. The molecular weight excluding hydrogens is 242 g/mol. The molecule has 1 aliphatic carbocycles. The van der Waals surface area contributed by atoms with Crippen LogP contribution in [0.15, 0.2) is 23.1 Å². The molecule has 2 rings (SSSR count). The van der Waals surface area contributed by atoms with Crippen molar-refractivity contribution in [1.29, 1.82) is 0 Å². The molecule has 0 saturated heterocycles. The van der Waals surface area contributed by atoms with Crippen LogP contribution in [0, 0.1) is 0 Å². The summed E-state index contributed by atoms with van der Waals surface area (Å²) < 4.78 is 6.29. The molecule has 0 aromatic carbocycles. The van der Waals surface area contributed by atoms with Gasteiger partial charge in [0.25, 0.3) is 5.56 Å². The van der Waals surface area contributed by atoms with Crippen LogP contribution in [-0.4, -0.2) is 17.6 Å². The zero-order valence-corrected chi connectivity index (χ0v) is 12.0. The molecular formula is C15H23NO3. The number of aromatic nitrogens is 1. The molecule has 1 aromatic heterocycles. The number of carbonyl (C=O) groups excluding carboxylic acids is 1. The van der Waals surface area contributed by atoms with E-state index in [2.05, 4.69) is 4.74 Å². The second kappa shape index (κ2) is 7.77. The van der Waals surface area contributed by atoms with Crippen molar-refractivity contribution in [1.82, 2.24) is 4.57 Å². The molecule has 0 bridgehead atoms. The molecule has 0 unspecified atom stereocenters. The third-order valence-corrected chi connectivity index (χ3v) is 3.35. The first-order chi connectivity index (χ1) is 9.24. The smallest absolute Gasteiger partial charge is 0.343 e. The summed E-state index contributed by atoms with van der Waals surface area (Å²) in [6.07, 6.45) is 7.35. The first kappa shape index (κ1) is 15.5. The molecule has 4 heteroatoms. The topological polar surface area (TPSA) is 48.3 Å². The molecule has 1 aliphatic rings. The highest BCUT2D eigenvalue weighted by atomic mass is 16.5. The summed E-state index contributed by atoms with van der Waals surface area (Å²) in [7, 11) is 1.29. The lowest BCUT2D eigenvalue weighted by molar-refractivity contribution is 0.0597. The molecule has 0 atom stereocenters. The van der Waals surface area contributed by atoms with Crippen molar-refractivity contribution >= 4 is 5.97 Å². The number of hydrogen-bond donors (Lipinski definition) is 0. The zero-order valence-electron chi connectivity index (χ0n) is 12.0. The van der Waals surface area contributed by atoms with Gasteiger partial charge in [-0.1, -0.05) is 33.1 Å². The van der Waals surface area contributed by atoms with Crippen molar-refractivity contribution in [2.75, 3.05) is 7.11 Å². The molecule has 0 spiro atoms. The summed E-state index contributed by atoms with van der Waals surface area (Å²) in [5.41, 5.74) is -0.105. The van der Waals surface area contributed by atoms with E-state index >= 15 is 0 Å². The Bertz CT molecular complexity index is 459. The van der Waals surface area contributed by atoms with Crippen LogP contribution >= 0.6 is 0 Å². The van der Waals surface area contributed by atoms with E-state index in [0.717, 1.165) is 25.7 Å². The van der Waals surface area contributed by atoms with E-state index in [1.54, 1.807) is 16.8 Å². The van der Waals surface area contributed by atoms with Gasteiger partial charge in [-0.05, 0) is 25.0 Å². The van der Waals surface area contributed by atoms with Gasteiger partial charge < -0.3 is 9.30 Å². The van der Waals surface area contributed by atoms with Gasteiger partial charge in [0.05, 0.1) is 7.11 Å². The highest BCUT2D eigenvalue weighted by molar-refractivity contribution is 5.88. The van der Waals surface area contributed by atoms with Crippen molar-refractivity contribution in [3.8, 4) is 0 Å². The third-order valence-electron chi connectivity index (χ3n) is 3.35. The average Bonchev–Trinajstić information content (AvgIpc) is 2.49. The van der Waals surface area contributed by atoms with Crippen LogP contribution in [0.2, 0.25) is 0 Å². The fourth-order valence-electron chi connectivity index (χ4n) is 2.42. The Balaban J connectivity index is 0.000000861. The van der Waals surface area contributed by atoms with Crippen LogP contribution in [0.4, 0.5) is 0 Å². The average molecular weight is 265 g/mol. The monoisotopic (exact) mass is 265 g/mol. The van der Waals surface area contributed by atoms with E-state index in [4.69, 9.17) is 0 Å². The molecule has 0 amide bonds. The van der Waals surface area contributed by atoms with Crippen molar-refractivity contribution in [3.05, 3.63) is 34.2 Å². The minimum Gasteiger partial charge on any atom is -0.465 e. The molecule has 0 N–H and O–H groups in total. The van der Waals surface area contributed by atoms with Crippen molar-refractivity contribution in [2.45, 2.75) is 52.0 Å². The minimum atomic E-state index is -0.555. The Morgan fingerprint density at radius 3 is 2.47 bits per heavy atom. The molecule has 106 valence electrons. The van der Waals surface area contributed by atoms with Gasteiger partial charge in [-0.3, -0.25) is 4.79 Å². The standard InChI is InChI=1S/C13H17NO3.C2H6/c1-17-13(16)11-8-5-9-14(12(11)15)10-6-3-2-4-7-10;1-2/h5,8-10H,2-4,6-7H2,1H3;1-2H3. The van der Waals surface area contributed by atoms with E-state index in [-0.39, 0.29) is 17.2 Å². The first-order valence-electron chi connectivity index (χ1n) is 7.03. The molecule has 0 radical (unpaired) electrons. The lowest BCUT2D eigenvalue weighted by atomic mass is 9.95. The summed E-state index contributed by atoms with van der Waals surface area (Å²) in [6.45, 7) is 4.00. The van der Waals surface area contributed by atoms with Gasteiger partial charge in [0.1, 0.15) is 5.56 Å². The second-order valence-electron chi connectivity index (χ2n) is 4.42. The lowest BCUT2D eigenvalue weighted by Gasteiger charge is -2.24. The molecule has 1 heterocycles. The van der Waals surface area contributed by atoms with Crippen molar-refractivity contribution < 1.29 is 9.53 Å². The summed E-state index contributed by atoms with van der Waals surface area (Å²) in [4.78, 5) is 23.6. The predicted molar refractivity (Wildman–Crippen MR) is 75.5 cm³/mol. The predicted octanol–water partition coefficient (Wildman–Crippen LogP) is 3.17. The van der Waals surface area contributed by atoms with Crippen LogP contribution < -0.4 is 5.56 Å². The number of nitrogens with zero attached hydrogens (tertiary/aromatic N) is 1. The Morgan fingerprint density at radius 1 is 1.26 bits per heavy atom. The summed E-state index contributed by atoms with van der Waals surface area (Å²) in [5, 5.41) is 0. The molecule has 4 nitrogen and oxygen atoms in total. The van der Waals surface area contributed by atoms with Gasteiger partial charge >= 0.3 is 5.97 Å². The summed E-state index contributed by atoms with van der Waals surface area (Å²) in [6, 6.07) is 3.50. The molecule has 1 aromatic rings. The van der Waals surface area contributed by atoms with Gasteiger partial charge in [-0.2, -0.15) is 0 Å². The van der Waals surface area contributed by atoms with Crippen LogP contribution in [0.1, 0.15) is 62.4 Å². The number of carbonyl (C=O) groups is 1. The van der Waals surface area contributed by atoms with Gasteiger partial charge in [-0.15, -0.1) is 0 Å². The largest absolute Gasteiger partial charge is 0.465 e. The van der Waals surface area contributed by atoms with Gasteiger partial charge in [0.15, 0.2) is 0 Å². The SMILES string of the molecule is CC.COC(=O)c1cccn(C2CCCCC2)c1=O. The van der Waals surface area contributed by atoms with E-state index in [0.29, 0.717) is 0 Å². The van der Waals surface area contributed by atoms with Crippen LogP contribution in [0.5, 0.6) is 0 Å². The maximum atomic E-state index is 12.1. The Labute approximate surface area is 114 Å². The molecule has 19 heavy (non-hydrogen) atoms. The highest BCUT2D eigenvalue weighted by Gasteiger charge is 2.19. The maximum absolute atomic E-state index is 12.1. The third kappa shape index (κ3) is 3.69. The Hall–Kier alpha value is -1.58. The normalized spacial score (nSPS) is 15.3. The molecule has 1 saturated carbocycles. The lowest BCUT2D eigenvalue weighted by Crippen LogP contribution is -2.30. The second-order valence-corrected chi connectivity index (χ2v) is 4.42. The first-order valence-corrected chi connectivity index (χ1v) is 7.03. The quantitative estimate of drug-likeness (QED) is 0.772. The van der Waals surface area contributed by atoms with Crippen molar-refractivity contribution in [3.63, 3.8) is 0 Å². The Morgan fingerprint density at radius 2 is 1.89 bits per heavy atom. The van der Waals surface area contributed by atoms with Crippen LogP contribution in [0.3, 0.4) is 0 Å². The highest BCUT2D eigenvalue weighted by Crippen LogP contribution is 2.26. The fraction of sp³-hybridized carbons (Fsp3) is 0.600. The van der Waals surface area contributed by atoms with Gasteiger partial charge in [0, 0.05) is 12.2 Å². The fourth-order valence-corrected chi connectivity index (χ4v) is 2.42. The van der Waals surface area contributed by atoms with Gasteiger partial charge in [-0.25, -0.2) is 4.79 Å². The van der Waals surface area contributed by atoms with E-state index < -0.39 is 5.97 Å². The van der Waals surface area contributed by atoms with E-state index in [1.165, 1.54) is 19.6 Å². The number of pyridine rings is 1. The number of esters is 1. The Kier molecular flexibility index (Phi) is 6.33. The van der Waals surface area contributed by atoms with Gasteiger partial charge in [0.2, 0.25) is 0 Å². The minimum absolute atomic E-state index is 0.126. The number of hydrogen-bond acceptors (Lipinski definition) is 3. The number of ether oxygens (including phenoxy) is 1. The van der Waals surface area contributed by atoms with Crippen LogP contribution in [0.25, 0.3) is 0 Å². The summed E-state index contributed by atoms with van der Waals surface area (Å²) in [5.74, 6) is -0.555. The molecule has 0 aliphatic heterocycles. The van der Waals surface area contributed by atoms with E-state index in [9.17, 15) is 9.59 Å². The van der Waals surface area contributed by atoms with Crippen molar-refractivity contribution in [2.24, 2.45) is 0 Å². The van der Waals surface area contributed by atoms with E-state index in [1.807, 2.05) is 13.8 Å². The zero-order chi connectivity index (χ0) is 14.3.